The lowest BCUT2D eigenvalue weighted by atomic mass is 9.97. The van der Waals surface area contributed by atoms with Crippen molar-refractivity contribution in [3.8, 4) is 23.1 Å². The number of nitriles is 1. The number of rotatable bonds is 7. The molecule has 2 aromatic heterocycles. The first-order valence-corrected chi connectivity index (χ1v) is 13.5. The highest BCUT2D eigenvalue weighted by molar-refractivity contribution is 7.98. The molecule has 8 nitrogen and oxygen atoms in total. The summed E-state index contributed by atoms with van der Waals surface area (Å²) in [5, 5.41) is 14.4. The second-order valence-corrected chi connectivity index (χ2v) is 11.4. The Bertz CT molecular complexity index is 1310. The van der Waals surface area contributed by atoms with E-state index in [1.807, 2.05) is 22.7 Å². The first-order valence-electron chi connectivity index (χ1n) is 10.9. The summed E-state index contributed by atoms with van der Waals surface area (Å²) in [5.74, 6) is 4.43. The number of nitrogens with zero attached hydrogens (tertiary/aromatic N) is 3. The Balaban J connectivity index is 1.37. The fourth-order valence-electron chi connectivity index (χ4n) is 4.10. The first kappa shape index (κ1) is 24.0. The number of thiazole rings is 1. The number of ether oxygens (including phenoxy) is 1. The predicted molar refractivity (Wildman–Crippen MR) is 135 cm³/mol. The van der Waals surface area contributed by atoms with Gasteiger partial charge in [0.25, 0.3) is 0 Å². The SMILES string of the molecule is C=S(=O)(c1ccc(OC)cc1)N1CCC(C(=O)Nc2nc(-c3cc(C)[nH]c3CC#N)cs2)CC1. The maximum Gasteiger partial charge on any atom is 0.229 e. The Hall–Kier alpha value is -3.13. The lowest BCUT2D eigenvalue weighted by molar-refractivity contribution is -0.120. The van der Waals surface area contributed by atoms with E-state index < -0.39 is 9.71 Å². The van der Waals surface area contributed by atoms with Gasteiger partial charge in [-0.3, -0.25) is 4.79 Å². The number of H-pyrrole nitrogens is 1. The minimum atomic E-state index is -2.62. The van der Waals surface area contributed by atoms with Crippen molar-refractivity contribution in [3.63, 3.8) is 0 Å². The van der Waals surface area contributed by atoms with Crippen molar-refractivity contribution >= 4 is 38.0 Å². The van der Waals surface area contributed by atoms with E-state index in [1.165, 1.54) is 11.3 Å². The summed E-state index contributed by atoms with van der Waals surface area (Å²) in [7, 11) is -1.03. The molecular formula is C24H27N5O3S2. The number of piperidine rings is 1. The van der Waals surface area contributed by atoms with E-state index in [0.29, 0.717) is 41.7 Å². The average Bonchev–Trinajstić information content (AvgIpc) is 3.45. The van der Waals surface area contributed by atoms with Crippen LogP contribution in [0.3, 0.4) is 0 Å². The Labute approximate surface area is 203 Å². The summed E-state index contributed by atoms with van der Waals surface area (Å²) >= 11 is 1.36. The normalized spacial score (nSPS) is 16.5. The molecule has 1 aromatic carbocycles. The maximum absolute atomic E-state index is 13.4. The maximum atomic E-state index is 13.4. The Morgan fingerprint density at radius 1 is 1.38 bits per heavy atom. The Kier molecular flexibility index (Phi) is 7.07. The van der Waals surface area contributed by atoms with Crippen molar-refractivity contribution in [1.82, 2.24) is 14.3 Å². The highest BCUT2D eigenvalue weighted by atomic mass is 32.2. The third-order valence-electron chi connectivity index (χ3n) is 5.97. The summed E-state index contributed by atoms with van der Waals surface area (Å²) in [5.41, 5.74) is 3.40. The molecule has 1 aliphatic heterocycles. The van der Waals surface area contributed by atoms with Gasteiger partial charge in [-0.1, -0.05) is 0 Å². The third kappa shape index (κ3) is 5.01. The zero-order valence-corrected chi connectivity index (χ0v) is 20.8. The highest BCUT2D eigenvalue weighted by Crippen LogP contribution is 2.30. The summed E-state index contributed by atoms with van der Waals surface area (Å²) in [6, 6.07) is 11.2. The smallest absolute Gasteiger partial charge is 0.229 e. The number of nitrogens with one attached hydrogen (secondary N) is 2. The van der Waals surface area contributed by atoms with Gasteiger partial charge in [0.2, 0.25) is 5.91 Å². The van der Waals surface area contributed by atoms with Crippen molar-refractivity contribution in [3.05, 3.63) is 47.1 Å². The predicted octanol–water partition coefficient (Wildman–Crippen LogP) is 3.86. The number of benzene rings is 1. The van der Waals surface area contributed by atoms with Crippen LogP contribution >= 0.6 is 11.3 Å². The Morgan fingerprint density at radius 2 is 2.09 bits per heavy atom. The van der Waals surface area contributed by atoms with Crippen LogP contribution < -0.4 is 10.1 Å². The van der Waals surface area contributed by atoms with Crippen molar-refractivity contribution in [2.45, 2.75) is 31.1 Å². The molecule has 1 atom stereocenters. The number of carbonyl (C=O) groups excluding carboxylic acids is 1. The van der Waals surface area contributed by atoms with Crippen LogP contribution in [0.5, 0.6) is 5.75 Å². The van der Waals surface area contributed by atoms with Crippen LogP contribution in [0.15, 0.2) is 40.6 Å². The number of aromatic amines is 1. The number of methoxy groups -OCH3 is 1. The molecule has 1 saturated heterocycles. The van der Waals surface area contributed by atoms with Crippen LogP contribution in [-0.2, 0) is 20.9 Å². The van der Waals surface area contributed by atoms with Crippen LogP contribution in [0.2, 0.25) is 0 Å². The molecule has 34 heavy (non-hydrogen) atoms. The lowest BCUT2D eigenvalue weighted by Crippen LogP contribution is -2.41. The lowest BCUT2D eigenvalue weighted by Gasteiger charge is -2.33. The van der Waals surface area contributed by atoms with Gasteiger partial charge in [0.05, 0.1) is 35.0 Å². The van der Waals surface area contributed by atoms with Crippen molar-refractivity contribution in [2.75, 3.05) is 25.5 Å². The van der Waals surface area contributed by atoms with Crippen LogP contribution in [0.25, 0.3) is 11.3 Å². The van der Waals surface area contributed by atoms with Gasteiger partial charge in [-0.15, -0.1) is 11.3 Å². The molecule has 2 N–H and O–H groups in total. The van der Waals surface area contributed by atoms with Crippen molar-refractivity contribution < 1.29 is 13.7 Å². The molecule has 1 unspecified atom stereocenters. The third-order valence-corrected chi connectivity index (χ3v) is 8.94. The van der Waals surface area contributed by atoms with Gasteiger partial charge in [-0.2, -0.15) is 5.26 Å². The largest absolute Gasteiger partial charge is 0.497 e. The fourth-order valence-corrected chi connectivity index (χ4v) is 6.48. The molecule has 10 heteroatoms. The molecule has 1 aliphatic rings. The van der Waals surface area contributed by atoms with Gasteiger partial charge in [0.15, 0.2) is 5.13 Å². The van der Waals surface area contributed by atoms with Crippen LogP contribution in [-0.4, -0.2) is 50.5 Å². The summed E-state index contributed by atoms with van der Waals surface area (Å²) in [6.07, 6.45) is 1.46. The number of hydrogen-bond acceptors (Lipinski definition) is 6. The van der Waals surface area contributed by atoms with E-state index in [-0.39, 0.29) is 18.2 Å². The number of amides is 1. The molecule has 178 valence electrons. The number of carbonyl (C=O) groups is 1. The molecular weight excluding hydrogens is 470 g/mol. The van der Waals surface area contributed by atoms with Gasteiger partial charge in [0.1, 0.15) is 5.75 Å². The molecule has 1 amide bonds. The van der Waals surface area contributed by atoms with Crippen LogP contribution in [0.4, 0.5) is 5.13 Å². The average molecular weight is 498 g/mol. The van der Waals surface area contributed by atoms with Crippen molar-refractivity contribution in [1.29, 1.82) is 5.26 Å². The van der Waals surface area contributed by atoms with Gasteiger partial charge < -0.3 is 15.0 Å². The quantitative estimate of drug-likeness (QED) is 0.482. The molecule has 0 saturated carbocycles. The molecule has 0 bridgehead atoms. The fraction of sp³-hybridized carbons (Fsp3) is 0.333. The summed E-state index contributed by atoms with van der Waals surface area (Å²) in [6.45, 7) is 2.98. The molecule has 0 spiro atoms. The summed E-state index contributed by atoms with van der Waals surface area (Å²) in [4.78, 5) is 21.3. The minimum Gasteiger partial charge on any atom is -0.497 e. The molecule has 0 radical (unpaired) electrons. The summed E-state index contributed by atoms with van der Waals surface area (Å²) < 4.78 is 20.4. The first-order chi connectivity index (χ1) is 16.3. The second kappa shape index (κ2) is 10.0. The van der Waals surface area contributed by atoms with Gasteiger partial charge >= 0.3 is 0 Å². The van der Waals surface area contributed by atoms with Crippen LogP contribution in [0, 0.1) is 24.2 Å². The van der Waals surface area contributed by atoms with Crippen molar-refractivity contribution in [2.24, 2.45) is 5.92 Å². The van der Waals surface area contributed by atoms with E-state index in [1.54, 1.807) is 31.4 Å². The zero-order chi connectivity index (χ0) is 24.3. The zero-order valence-electron chi connectivity index (χ0n) is 19.2. The van der Waals surface area contributed by atoms with Gasteiger partial charge in [0, 0.05) is 46.2 Å². The minimum absolute atomic E-state index is 0.0805. The van der Waals surface area contributed by atoms with E-state index in [2.05, 4.69) is 27.2 Å². The second-order valence-electron chi connectivity index (χ2n) is 8.23. The Morgan fingerprint density at radius 3 is 2.74 bits per heavy atom. The number of hydrogen-bond donors (Lipinski definition) is 2. The monoisotopic (exact) mass is 497 g/mol. The number of aryl methyl sites for hydroxylation is 1. The van der Waals surface area contributed by atoms with Gasteiger partial charge in [-0.05, 0) is 56.0 Å². The van der Waals surface area contributed by atoms with E-state index in [0.717, 1.165) is 22.6 Å². The number of aromatic nitrogens is 2. The molecule has 1 fully saturated rings. The highest BCUT2D eigenvalue weighted by Gasteiger charge is 2.29. The standard InChI is InChI=1S/C24H27N5O3S2/c1-16-14-20(21(26-16)8-11-25)22-15-33-24(27-22)28-23(30)17-9-12-29(13-10-17)34(3,31)19-6-4-18(32-2)5-7-19/h4-7,14-15,17,26H,3,8-10,12-13H2,1-2H3,(H,27,28,30). The van der Waals surface area contributed by atoms with E-state index >= 15 is 0 Å². The van der Waals surface area contributed by atoms with E-state index in [4.69, 9.17) is 10.00 Å². The topological polar surface area (TPSA) is 111 Å². The van der Waals surface area contributed by atoms with Gasteiger partial charge in [-0.25, -0.2) is 13.5 Å². The molecule has 0 aliphatic carbocycles. The molecule has 3 aromatic rings. The number of anilines is 1. The van der Waals surface area contributed by atoms with Crippen LogP contribution in [0.1, 0.15) is 24.2 Å². The molecule has 3 heterocycles. The van der Waals surface area contributed by atoms with E-state index in [9.17, 15) is 9.00 Å². The molecule has 4 rings (SSSR count).